The first-order valence-corrected chi connectivity index (χ1v) is 3.53. The number of methoxy groups -OCH3 is 1. The summed E-state index contributed by atoms with van der Waals surface area (Å²) in [5.41, 5.74) is 0. The number of aliphatic hydroxyl groups is 3. The van der Waals surface area contributed by atoms with Crippen molar-refractivity contribution < 1.29 is 24.8 Å². The lowest BCUT2D eigenvalue weighted by Crippen LogP contribution is -2.44. The van der Waals surface area contributed by atoms with Gasteiger partial charge in [-0.2, -0.15) is 0 Å². The number of rotatable bonds is 1. The molecule has 0 aromatic heterocycles. The van der Waals surface area contributed by atoms with Crippen LogP contribution in [0.4, 0.5) is 0 Å². The number of hydrogen-bond donors (Lipinski definition) is 3. The van der Waals surface area contributed by atoms with E-state index in [2.05, 4.69) is 0 Å². The Balaban J connectivity index is 2.83. The molecule has 0 bridgehead atoms. The van der Waals surface area contributed by atoms with Gasteiger partial charge in [0.05, 0.1) is 0 Å². The SMILES string of the molecule is CO[C@H]1OC(C)=C(O)C(O)C1O. The van der Waals surface area contributed by atoms with Crippen LogP contribution < -0.4 is 0 Å². The fourth-order valence-electron chi connectivity index (χ4n) is 1.01. The molecule has 3 atom stereocenters. The molecular weight excluding hydrogens is 164 g/mol. The molecule has 0 amide bonds. The molecular formula is C7H12O5. The van der Waals surface area contributed by atoms with Gasteiger partial charge in [-0.1, -0.05) is 0 Å². The molecule has 0 spiro atoms. The summed E-state index contributed by atoms with van der Waals surface area (Å²) < 4.78 is 9.64. The Morgan fingerprint density at radius 3 is 2.50 bits per heavy atom. The maximum atomic E-state index is 9.23. The van der Waals surface area contributed by atoms with E-state index < -0.39 is 18.5 Å². The monoisotopic (exact) mass is 176 g/mol. The van der Waals surface area contributed by atoms with Crippen LogP contribution in [0, 0.1) is 0 Å². The lowest BCUT2D eigenvalue weighted by molar-refractivity contribution is -0.200. The van der Waals surface area contributed by atoms with Crippen molar-refractivity contribution in [2.45, 2.75) is 25.4 Å². The molecule has 0 aromatic carbocycles. The van der Waals surface area contributed by atoms with Gasteiger partial charge in [0.1, 0.15) is 18.0 Å². The third-order valence-corrected chi connectivity index (χ3v) is 1.77. The normalized spacial score (nSPS) is 36.5. The van der Waals surface area contributed by atoms with Crippen molar-refractivity contribution in [1.29, 1.82) is 0 Å². The summed E-state index contributed by atoms with van der Waals surface area (Å²) in [5, 5.41) is 27.6. The molecule has 1 heterocycles. The lowest BCUT2D eigenvalue weighted by Gasteiger charge is -2.31. The molecule has 2 unspecified atom stereocenters. The van der Waals surface area contributed by atoms with Crippen molar-refractivity contribution in [2.24, 2.45) is 0 Å². The zero-order valence-corrected chi connectivity index (χ0v) is 6.89. The van der Waals surface area contributed by atoms with Crippen LogP contribution in [0.25, 0.3) is 0 Å². The summed E-state index contributed by atoms with van der Waals surface area (Å²) in [7, 11) is 1.34. The van der Waals surface area contributed by atoms with E-state index in [4.69, 9.17) is 14.6 Å². The molecule has 1 aliphatic heterocycles. The van der Waals surface area contributed by atoms with E-state index >= 15 is 0 Å². The molecule has 70 valence electrons. The van der Waals surface area contributed by atoms with Crippen LogP contribution in [0.2, 0.25) is 0 Å². The van der Waals surface area contributed by atoms with Crippen LogP contribution in [0.15, 0.2) is 11.5 Å². The Morgan fingerprint density at radius 2 is 2.00 bits per heavy atom. The van der Waals surface area contributed by atoms with E-state index in [9.17, 15) is 10.2 Å². The van der Waals surface area contributed by atoms with Gasteiger partial charge in [-0.05, 0) is 6.92 Å². The highest BCUT2D eigenvalue weighted by atomic mass is 16.7. The summed E-state index contributed by atoms with van der Waals surface area (Å²) in [6, 6.07) is 0. The van der Waals surface area contributed by atoms with Crippen LogP contribution in [-0.4, -0.2) is 40.9 Å². The smallest absolute Gasteiger partial charge is 0.228 e. The third kappa shape index (κ3) is 1.38. The molecule has 0 saturated heterocycles. The van der Waals surface area contributed by atoms with Crippen LogP contribution in [0.5, 0.6) is 0 Å². The fourth-order valence-corrected chi connectivity index (χ4v) is 1.01. The average molecular weight is 176 g/mol. The average Bonchev–Trinajstić information content (AvgIpc) is 2.08. The molecule has 1 rings (SSSR count). The molecule has 0 aliphatic carbocycles. The molecule has 1 aliphatic rings. The number of ether oxygens (including phenoxy) is 2. The summed E-state index contributed by atoms with van der Waals surface area (Å²) >= 11 is 0. The Hall–Kier alpha value is -0.780. The predicted molar refractivity (Wildman–Crippen MR) is 39.2 cm³/mol. The third-order valence-electron chi connectivity index (χ3n) is 1.77. The lowest BCUT2D eigenvalue weighted by atomic mass is 10.1. The first-order valence-electron chi connectivity index (χ1n) is 3.53. The van der Waals surface area contributed by atoms with Crippen LogP contribution in [-0.2, 0) is 9.47 Å². The van der Waals surface area contributed by atoms with Crippen molar-refractivity contribution in [2.75, 3.05) is 7.11 Å². The van der Waals surface area contributed by atoms with E-state index in [-0.39, 0.29) is 11.5 Å². The van der Waals surface area contributed by atoms with Gasteiger partial charge in [-0.15, -0.1) is 0 Å². The van der Waals surface area contributed by atoms with Gasteiger partial charge in [0.2, 0.25) is 6.29 Å². The van der Waals surface area contributed by atoms with Crippen molar-refractivity contribution in [3.05, 3.63) is 11.5 Å². The van der Waals surface area contributed by atoms with Crippen molar-refractivity contribution >= 4 is 0 Å². The second kappa shape index (κ2) is 3.30. The second-order valence-electron chi connectivity index (χ2n) is 2.60. The Bertz CT molecular complexity index is 200. The number of allylic oxidation sites excluding steroid dienone is 1. The second-order valence-corrected chi connectivity index (χ2v) is 2.60. The molecule has 0 radical (unpaired) electrons. The molecule has 0 fully saturated rings. The number of hydrogen-bond acceptors (Lipinski definition) is 5. The Morgan fingerprint density at radius 1 is 1.42 bits per heavy atom. The van der Waals surface area contributed by atoms with E-state index in [1.165, 1.54) is 14.0 Å². The van der Waals surface area contributed by atoms with Crippen LogP contribution in [0.1, 0.15) is 6.92 Å². The summed E-state index contributed by atoms with van der Waals surface area (Å²) in [6.07, 6.45) is -3.50. The highest BCUT2D eigenvalue weighted by Gasteiger charge is 2.36. The predicted octanol–water partition coefficient (Wildman–Crippen LogP) is -0.500. The number of aliphatic hydroxyl groups excluding tert-OH is 3. The molecule has 0 saturated carbocycles. The van der Waals surface area contributed by atoms with Gasteiger partial charge < -0.3 is 24.8 Å². The van der Waals surface area contributed by atoms with Gasteiger partial charge in [-0.3, -0.25) is 0 Å². The first-order chi connectivity index (χ1) is 5.57. The van der Waals surface area contributed by atoms with E-state index in [0.29, 0.717) is 0 Å². The van der Waals surface area contributed by atoms with Crippen molar-refractivity contribution in [3.63, 3.8) is 0 Å². The molecule has 5 heteroatoms. The zero-order valence-electron chi connectivity index (χ0n) is 6.89. The maximum Gasteiger partial charge on any atom is 0.228 e. The summed E-state index contributed by atoms with van der Waals surface area (Å²) in [6.45, 7) is 1.48. The summed E-state index contributed by atoms with van der Waals surface area (Å²) in [5.74, 6) is -0.185. The molecule has 5 nitrogen and oxygen atoms in total. The minimum Gasteiger partial charge on any atom is -0.506 e. The first kappa shape index (κ1) is 9.31. The standard InChI is InChI=1S/C7H12O5/c1-3-4(8)5(9)6(10)7(11-2)12-3/h5-10H,1-2H3/t5?,6?,7-/m0/s1. The molecule has 12 heavy (non-hydrogen) atoms. The minimum absolute atomic E-state index is 0.166. The van der Waals surface area contributed by atoms with Gasteiger partial charge >= 0.3 is 0 Å². The van der Waals surface area contributed by atoms with Gasteiger partial charge in [0.15, 0.2) is 5.76 Å². The highest BCUT2D eigenvalue weighted by Crippen LogP contribution is 2.22. The maximum absolute atomic E-state index is 9.23. The van der Waals surface area contributed by atoms with Gasteiger partial charge in [-0.25, -0.2) is 0 Å². The van der Waals surface area contributed by atoms with E-state index in [1.54, 1.807) is 0 Å². The minimum atomic E-state index is -1.33. The summed E-state index contributed by atoms with van der Waals surface area (Å²) in [4.78, 5) is 0. The van der Waals surface area contributed by atoms with E-state index in [0.717, 1.165) is 0 Å². The van der Waals surface area contributed by atoms with Crippen molar-refractivity contribution in [1.82, 2.24) is 0 Å². The highest BCUT2D eigenvalue weighted by molar-refractivity contribution is 5.09. The quantitative estimate of drug-likeness (QED) is 0.502. The fraction of sp³-hybridized carbons (Fsp3) is 0.714. The Labute approximate surface area is 69.8 Å². The Kier molecular flexibility index (Phi) is 2.56. The molecule has 3 N–H and O–H groups in total. The van der Waals surface area contributed by atoms with Crippen LogP contribution in [0.3, 0.4) is 0 Å². The van der Waals surface area contributed by atoms with E-state index in [1.807, 2.05) is 0 Å². The van der Waals surface area contributed by atoms with Gasteiger partial charge in [0, 0.05) is 7.11 Å². The van der Waals surface area contributed by atoms with Crippen LogP contribution >= 0.6 is 0 Å². The van der Waals surface area contributed by atoms with Gasteiger partial charge in [0.25, 0.3) is 0 Å². The van der Waals surface area contributed by atoms with Crippen molar-refractivity contribution in [3.8, 4) is 0 Å². The molecule has 0 aromatic rings. The topological polar surface area (TPSA) is 79.2 Å². The largest absolute Gasteiger partial charge is 0.506 e. The zero-order chi connectivity index (χ0) is 9.30.